The number of fused-ring (bicyclic) bond motifs is 1. The molecule has 0 spiro atoms. The Morgan fingerprint density at radius 3 is 2.72 bits per heavy atom. The quantitative estimate of drug-likeness (QED) is 0.763. The summed E-state index contributed by atoms with van der Waals surface area (Å²) in [6.07, 6.45) is 3.53. The van der Waals surface area contributed by atoms with Gasteiger partial charge >= 0.3 is 0 Å². The highest BCUT2D eigenvalue weighted by Gasteiger charge is 2.14. The van der Waals surface area contributed by atoms with Crippen molar-refractivity contribution in [3.05, 3.63) is 53.0 Å². The summed E-state index contributed by atoms with van der Waals surface area (Å²) in [6.45, 7) is 3.76. The first-order valence-corrected chi connectivity index (χ1v) is 7.98. The molecule has 130 valence electrons. The number of benzene rings is 1. The molecule has 1 atom stereocenters. The van der Waals surface area contributed by atoms with Crippen molar-refractivity contribution in [2.24, 2.45) is 0 Å². The molecule has 0 saturated heterocycles. The SMILES string of the molecule is CC[C@H](C)NC(=O)Cn1cnc2c(cnn2-c2ccc(F)cc2)c1=O. The Morgan fingerprint density at radius 1 is 1.32 bits per heavy atom. The average molecular weight is 343 g/mol. The van der Waals surface area contributed by atoms with Crippen molar-refractivity contribution in [2.75, 3.05) is 0 Å². The van der Waals surface area contributed by atoms with Crippen LogP contribution in [0.2, 0.25) is 0 Å². The van der Waals surface area contributed by atoms with Gasteiger partial charge in [-0.15, -0.1) is 0 Å². The Balaban J connectivity index is 1.93. The van der Waals surface area contributed by atoms with Crippen LogP contribution in [-0.2, 0) is 11.3 Å². The van der Waals surface area contributed by atoms with Gasteiger partial charge in [-0.2, -0.15) is 5.10 Å². The highest BCUT2D eigenvalue weighted by molar-refractivity contribution is 5.78. The Bertz CT molecular complexity index is 961. The monoisotopic (exact) mass is 343 g/mol. The lowest BCUT2D eigenvalue weighted by Gasteiger charge is -2.12. The fraction of sp³-hybridized carbons (Fsp3) is 0.294. The van der Waals surface area contributed by atoms with E-state index in [1.54, 1.807) is 12.1 Å². The second-order valence-corrected chi connectivity index (χ2v) is 5.82. The normalized spacial score (nSPS) is 12.3. The van der Waals surface area contributed by atoms with Gasteiger partial charge in [0.05, 0.1) is 11.9 Å². The summed E-state index contributed by atoms with van der Waals surface area (Å²) >= 11 is 0. The Kier molecular flexibility index (Phi) is 4.60. The molecular formula is C17H18FN5O2. The van der Waals surface area contributed by atoms with E-state index in [1.807, 2.05) is 13.8 Å². The number of carbonyl (C=O) groups excluding carboxylic acids is 1. The number of nitrogens with zero attached hydrogens (tertiary/aromatic N) is 4. The smallest absolute Gasteiger partial charge is 0.264 e. The third kappa shape index (κ3) is 3.42. The van der Waals surface area contributed by atoms with E-state index in [0.29, 0.717) is 16.7 Å². The summed E-state index contributed by atoms with van der Waals surface area (Å²) in [5.41, 5.74) is 0.600. The van der Waals surface area contributed by atoms with E-state index < -0.39 is 0 Å². The molecule has 1 aromatic carbocycles. The van der Waals surface area contributed by atoms with Crippen molar-refractivity contribution in [1.82, 2.24) is 24.6 Å². The van der Waals surface area contributed by atoms with Crippen molar-refractivity contribution in [1.29, 1.82) is 0 Å². The van der Waals surface area contributed by atoms with Crippen LogP contribution in [0.4, 0.5) is 4.39 Å². The van der Waals surface area contributed by atoms with Crippen molar-refractivity contribution in [3.63, 3.8) is 0 Å². The predicted molar refractivity (Wildman–Crippen MR) is 91.0 cm³/mol. The lowest BCUT2D eigenvalue weighted by Crippen LogP contribution is -2.37. The minimum atomic E-state index is -0.358. The molecule has 0 fully saturated rings. The maximum absolute atomic E-state index is 13.1. The van der Waals surface area contributed by atoms with Gasteiger partial charge in [0.25, 0.3) is 5.56 Å². The molecule has 1 N–H and O–H groups in total. The summed E-state index contributed by atoms with van der Waals surface area (Å²) in [5, 5.41) is 7.26. The molecule has 7 nitrogen and oxygen atoms in total. The Labute approximate surface area is 143 Å². The van der Waals surface area contributed by atoms with Gasteiger partial charge in [-0.25, -0.2) is 14.1 Å². The number of carbonyl (C=O) groups is 1. The van der Waals surface area contributed by atoms with E-state index in [-0.39, 0.29) is 29.9 Å². The second-order valence-electron chi connectivity index (χ2n) is 5.82. The van der Waals surface area contributed by atoms with E-state index >= 15 is 0 Å². The van der Waals surface area contributed by atoms with Crippen LogP contribution < -0.4 is 10.9 Å². The third-order valence-corrected chi connectivity index (χ3v) is 3.96. The van der Waals surface area contributed by atoms with E-state index in [9.17, 15) is 14.0 Å². The van der Waals surface area contributed by atoms with Crippen molar-refractivity contribution in [3.8, 4) is 5.69 Å². The lowest BCUT2D eigenvalue weighted by molar-refractivity contribution is -0.122. The molecule has 3 aromatic rings. The van der Waals surface area contributed by atoms with Crippen molar-refractivity contribution >= 4 is 16.9 Å². The Hall–Kier alpha value is -3.03. The topological polar surface area (TPSA) is 81.8 Å². The van der Waals surface area contributed by atoms with Gasteiger partial charge in [0.1, 0.15) is 24.1 Å². The number of halogens is 1. The molecule has 25 heavy (non-hydrogen) atoms. The molecular weight excluding hydrogens is 325 g/mol. The van der Waals surface area contributed by atoms with Gasteiger partial charge in [-0.1, -0.05) is 6.92 Å². The molecule has 0 radical (unpaired) electrons. The van der Waals surface area contributed by atoms with Gasteiger partial charge in [0.15, 0.2) is 5.65 Å². The number of rotatable bonds is 5. The van der Waals surface area contributed by atoms with Crippen molar-refractivity contribution < 1.29 is 9.18 Å². The zero-order chi connectivity index (χ0) is 18.0. The summed E-state index contributed by atoms with van der Waals surface area (Å²) in [4.78, 5) is 28.8. The molecule has 0 bridgehead atoms. The molecule has 0 unspecified atom stereocenters. The highest BCUT2D eigenvalue weighted by atomic mass is 19.1. The molecule has 1 amide bonds. The number of hydrogen-bond acceptors (Lipinski definition) is 4. The Morgan fingerprint density at radius 2 is 2.04 bits per heavy atom. The standard InChI is InChI=1S/C17H18FN5O2/c1-3-11(2)21-15(24)9-22-10-19-16-14(17(22)25)8-20-23(16)13-6-4-12(18)5-7-13/h4-8,10-11H,3,9H2,1-2H3,(H,21,24)/t11-/m0/s1. The van der Waals surface area contributed by atoms with E-state index in [4.69, 9.17) is 0 Å². The summed E-state index contributed by atoms with van der Waals surface area (Å²) in [7, 11) is 0. The maximum Gasteiger partial charge on any atom is 0.264 e. The van der Waals surface area contributed by atoms with Gasteiger partial charge in [0.2, 0.25) is 5.91 Å². The maximum atomic E-state index is 13.1. The van der Waals surface area contributed by atoms with Gasteiger partial charge in [-0.3, -0.25) is 14.2 Å². The highest BCUT2D eigenvalue weighted by Crippen LogP contribution is 2.14. The van der Waals surface area contributed by atoms with Crippen LogP contribution in [0.5, 0.6) is 0 Å². The number of nitrogens with one attached hydrogen (secondary N) is 1. The third-order valence-electron chi connectivity index (χ3n) is 3.96. The van der Waals surface area contributed by atoms with Crippen LogP contribution in [-0.4, -0.2) is 31.3 Å². The molecule has 0 aliphatic heterocycles. The lowest BCUT2D eigenvalue weighted by atomic mass is 10.2. The van der Waals surface area contributed by atoms with Crippen LogP contribution in [0.3, 0.4) is 0 Å². The minimum Gasteiger partial charge on any atom is -0.352 e. The number of amides is 1. The molecule has 2 aromatic heterocycles. The molecule has 8 heteroatoms. The summed E-state index contributed by atoms with van der Waals surface area (Å²) in [5.74, 6) is -0.605. The average Bonchev–Trinajstić information content (AvgIpc) is 3.02. The van der Waals surface area contributed by atoms with E-state index in [0.717, 1.165) is 6.42 Å². The van der Waals surface area contributed by atoms with Crippen LogP contribution in [0.25, 0.3) is 16.7 Å². The first-order chi connectivity index (χ1) is 12.0. The molecule has 2 heterocycles. The zero-order valence-electron chi connectivity index (χ0n) is 13.9. The van der Waals surface area contributed by atoms with Crippen LogP contribution in [0, 0.1) is 5.82 Å². The first-order valence-electron chi connectivity index (χ1n) is 7.98. The van der Waals surface area contributed by atoms with E-state index in [1.165, 1.54) is 33.9 Å². The summed E-state index contributed by atoms with van der Waals surface area (Å²) < 4.78 is 15.8. The van der Waals surface area contributed by atoms with Crippen LogP contribution in [0.1, 0.15) is 20.3 Å². The second kappa shape index (κ2) is 6.84. The molecule has 3 rings (SSSR count). The van der Waals surface area contributed by atoms with Crippen LogP contribution in [0.15, 0.2) is 41.6 Å². The number of hydrogen-bond donors (Lipinski definition) is 1. The zero-order valence-corrected chi connectivity index (χ0v) is 13.9. The van der Waals surface area contributed by atoms with Gasteiger partial charge in [-0.05, 0) is 37.6 Å². The van der Waals surface area contributed by atoms with Gasteiger partial charge in [0, 0.05) is 6.04 Å². The molecule has 0 saturated carbocycles. The molecule has 0 aliphatic rings. The fourth-order valence-electron chi connectivity index (χ4n) is 2.41. The predicted octanol–water partition coefficient (Wildman–Crippen LogP) is 1.64. The van der Waals surface area contributed by atoms with Gasteiger partial charge < -0.3 is 5.32 Å². The fourth-order valence-corrected chi connectivity index (χ4v) is 2.41. The van der Waals surface area contributed by atoms with E-state index in [2.05, 4.69) is 15.4 Å². The van der Waals surface area contributed by atoms with Crippen LogP contribution >= 0.6 is 0 Å². The summed E-state index contributed by atoms with van der Waals surface area (Å²) in [6, 6.07) is 5.76. The number of aromatic nitrogens is 4. The molecule has 0 aliphatic carbocycles. The first kappa shape index (κ1) is 16.8. The largest absolute Gasteiger partial charge is 0.352 e. The minimum absolute atomic E-state index is 0.0427. The van der Waals surface area contributed by atoms with Crippen molar-refractivity contribution in [2.45, 2.75) is 32.9 Å².